The lowest BCUT2D eigenvalue weighted by Gasteiger charge is -2.13. The molecule has 1 unspecified atom stereocenters. The molecule has 1 aromatic heterocycles. The topological polar surface area (TPSA) is 98.7 Å². The zero-order valence-corrected chi connectivity index (χ0v) is 14.8. The van der Waals surface area contributed by atoms with E-state index in [-0.39, 0.29) is 5.91 Å². The molecule has 3 aromatic rings. The van der Waals surface area contributed by atoms with Crippen LogP contribution in [0.4, 0.5) is 0 Å². The first kappa shape index (κ1) is 18.0. The van der Waals surface area contributed by atoms with Crippen molar-refractivity contribution in [3.05, 3.63) is 71.0 Å². The van der Waals surface area contributed by atoms with Crippen molar-refractivity contribution in [2.75, 3.05) is 6.54 Å². The number of carbonyl (C=O) groups excluding carboxylic acids is 1. The van der Waals surface area contributed by atoms with Crippen molar-refractivity contribution in [2.45, 2.75) is 18.9 Å². The fraction of sp³-hybridized carbons (Fsp3) is 0.222. The zero-order valence-electron chi connectivity index (χ0n) is 14.0. The van der Waals surface area contributed by atoms with Gasteiger partial charge in [-0.05, 0) is 52.6 Å². The minimum absolute atomic E-state index is 0.181. The number of rotatable bonds is 7. The average molecular weight is 371 g/mol. The molecule has 26 heavy (non-hydrogen) atoms. The Morgan fingerprint density at radius 1 is 1.23 bits per heavy atom. The second kappa shape index (κ2) is 8.55. The van der Waals surface area contributed by atoms with E-state index in [2.05, 4.69) is 20.8 Å². The number of amides is 1. The third-order valence-electron chi connectivity index (χ3n) is 3.97. The van der Waals surface area contributed by atoms with Gasteiger partial charge in [0, 0.05) is 11.6 Å². The molecule has 3 N–H and O–H groups in total. The molecule has 0 radical (unpaired) electrons. The summed E-state index contributed by atoms with van der Waals surface area (Å²) in [5.74, 6) is -0.181. The maximum absolute atomic E-state index is 12.2. The summed E-state index contributed by atoms with van der Waals surface area (Å²) >= 11 is 6.09. The summed E-state index contributed by atoms with van der Waals surface area (Å²) in [6.07, 6.45) is 2.60. The maximum atomic E-state index is 12.2. The Labute approximate surface area is 156 Å². The maximum Gasteiger partial charge on any atom is 0.237 e. The van der Waals surface area contributed by atoms with Gasteiger partial charge in [-0.2, -0.15) is 0 Å². The summed E-state index contributed by atoms with van der Waals surface area (Å²) < 4.78 is 1.56. The molecular formula is C18H19ClN6O. The highest BCUT2D eigenvalue weighted by Gasteiger charge is 2.14. The van der Waals surface area contributed by atoms with Crippen molar-refractivity contribution in [1.29, 1.82) is 0 Å². The fourth-order valence-electron chi connectivity index (χ4n) is 2.66. The van der Waals surface area contributed by atoms with Gasteiger partial charge in [0.25, 0.3) is 0 Å². The number of nitrogens with two attached hydrogens (primary N) is 1. The third-order valence-corrected chi connectivity index (χ3v) is 4.20. The number of tetrazole rings is 1. The molecule has 8 heteroatoms. The second-order valence-corrected chi connectivity index (χ2v) is 6.30. The van der Waals surface area contributed by atoms with E-state index in [4.69, 9.17) is 17.3 Å². The van der Waals surface area contributed by atoms with Gasteiger partial charge in [0.1, 0.15) is 6.33 Å². The zero-order chi connectivity index (χ0) is 18.4. The lowest BCUT2D eigenvalue weighted by atomic mass is 10.1. The standard InChI is InChI=1S/C18H19ClN6O/c19-15-6-7-17(25-12-22-23-24-25)14(11-15)8-9-21-18(26)16(20)10-13-4-2-1-3-5-13/h1-7,11-12,16H,8-10,20H2,(H,21,26). The average Bonchev–Trinajstić information content (AvgIpc) is 3.17. The summed E-state index contributed by atoms with van der Waals surface area (Å²) in [6.45, 7) is 0.441. The minimum atomic E-state index is -0.587. The van der Waals surface area contributed by atoms with Crippen LogP contribution in [0.1, 0.15) is 11.1 Å². The number of hydrogen-bond donors (Lipinski definition) is 2. The van der Waals surface area contributed by atoms with Gasteiger partial charge in [-0.15, -0.1) is 5.10 Å². The molecule has 0 saturated heterocycles. The summed E-state index contributed by atoms with van der Waals surface area (Å²) in [5.41, 5.74) is 8.78. The summed E-state index contributed by atoms with van der Waals surface area (Å²) in [6, 6.07) is 14.6. The van der Waals surface area contributed by atoms with Crippen molar-refractivity contribution in [1.82, 2.24) is 25.5 Å². The number of benzene rings is 2. The van der Waals surface area contributed by atoms with Crippen LogP contribution in [0.2, 0.25) is 5.02 Å². The Hall–Kier alpha value is -2.77. The minimum Gasteiger partial charge on any atom is -0.354 e. The van der Waals surface area contributed by atoms with E-state index in [1.807, 2.05) is 42.5 Å². The number of carbonyl (C=O) groups is 1. The van der Waals surface area contributed by atoms with Gasteiger partial charge < -0.3 is 11.1 Å². The summed E-state index contributed by atoms with van der Waals surface area (Å²) in [7, 11) is 0. The van der Waals surface area contributed by atoms with Gasteiger partial charge in [-0.3, -0.25) is 4.79 Å². The highest BCUT2D eigenvalue weighted by Crippen LogP contribution is 2.19. The Morgan fingerprint density at radius 3 is 2.77 bits per heavy atom. The largest absolute Gasteiger partial charge is 0.354 e. The van der Waals surface area contributed by atoms with Crippen molar-refractivity contribution in [3.63, 3.8) is 0 Å². The highest BCUT2D eigenvalue weighted by molar-refractivity contribution is 6.30. The molecule has 0 bridgehead atoms. The van der Waals surface area contributed by atoms with E-state index < -0.39 is 6.04 Å². The van der Waals surface area contributed by atoms with E-state index in [1.54, 1.807) is 10.7 Å². The van der Waals surface area contributed by atoms with Crippen molar-refractivity contribution < 1.29 is 4.79 Å². The van der Waals surface area contributed by atoms with Crippen molar-refractivity contribution in [2.24, 2.45) is 5.73 Å². The quantitative estimate of drug-likeness (QED) is 0.657. The van der Waals surface area contributed by atoms with Crippen LogP contribution < -0.4 is 11.1 Å². The summed E-state index contributed by atoms with van der Waals surface area (Å²) in [5, 5.41) is 14.7. The molecular weight excluding hydrogens is 352 g/mol. The van der Waals surface area contributed by atoms with Crippen LogP contribution in [0, 0.1) is 0 Å². The van der Waals surface area contributed by atoms with Crippen LogP contribution in [-0.4, -0.2) is 38.7 Å². The SMILES string of the molecule is NC(Cc1ccccc1)C(=O)NCCc1cc(Cl)ccc1-n1cnnn1. The lowest BCUT2D eigenvalue weighted by molar-refractivity contribution is -0.122. The van der Waals surface area contributed by atoms with Gasteiger partial charge in [0.15, 0.2) is 0 Å². The molecule has 1 heterocycles. The molecule has 134 valence electrons. The van der Waals surface area contributed by atoms with E-state index in [0.29, 0.717) is 24.4 Å². The van der Waals surface area contributed by atoms with Crippen LogP contribution in [0.15, 0.2) is 54.9 Å². The van der Waals surface area contributed by atoms with Crippen LogP contribution in [0.25, 0.3) is 5.69 Å². The lowest BCUT2D eigenvalue weighted by Crippen LogP contribution is -2.42. The first-order valence-corrected chi connectivity index (χ1v) is 8.60. The molecule has 2 aromatic carbocycles. The number of nitrogens with zero attached hydrogens (tertiary/aromatic N) is 4. The molecule has 3 rings (SSSR count). The molecule has 1 amide bonds. The number of hydrogen-bond acceptors (Lipinski definition) is 5. The number of nitrogens with one attached hydrogen (secondary N) is 1. The van der Waals surface area contributed by atoms with Gasteiger partial charge in [-0.1, -0.05) is 41.9 Å². The molecule has 0 aliphatic rings. The molecule has 7 nitrogen and oxygen atoms in total. The Balaban J connectivity index is 1.58. The Kier molecular flexibility index (Phi) is 5.93. The van der Waals surface area contributed by atoms with Gasteiger partial charge in [-0.25, -0.2) is 4.68 Å². The van der Waals surface area contributed by atoms with E-state index in [9.17, 15) is 4.79 Å². The van der Waals surface area contributed by atoms with Gasteiger partial charge >= 0.3 is 0 Å². The van der Waals surface area contributed by atoms with Crippen LogP contribution >= 0.6 is 11.6 Å². The van der Waals surface area contributed by atoms with E-state index in [1.165, 1.54) is 6.33 Å². The van der Waals surface area contributed by atoms with Crippen LogP contribution in [0.3, 0.4) is 0 Å². The monoisotopic (exact) mass is 370 g/mol. The highest BCUT2D eigenvalue weighted by atomic mass is 35.5. The second-order valence-electron chi connectivity index (χ2n) is 5.86. The first-order chi connectivity index (χ1) is 12.6. The molecule has 0 fully saturated rings. The van der Waals surface area contributed by atoms with E-state index >= 15 is 0 Å². The number of halogens is 1. The fourth-order valence-corrected chi connectivity index (χ4v) is 2.86. The molecule has 0 aliphatic heterocycles. The normalized spacial score (nSPS) is 11.9. The molecule has 0 spiro atoms. The molecule has 1 atom stereocenters. The summed E-state index contributed by atoms with van der Waals surface area (Å²) in [4.78, 5) is 12.2. The first-order valence-electron chi connectivity index (χ1n) is 8.22. The molecule has 0 saturated carbocycles. The van der Waals surface area contributed by atoms with Gasteiger partial charge in [0.05, 0.1) is 11.7 Å². The molecule has 0 aliphatic carbocycles. The van der Waals surface area contributed by atoms with Crippen LogP contribution in [-0.2, 0) is 17.6 Å². The van der Waals surface area contributed by atoms with Crippen LogP contribution in [0.5, 0.6) is 0 Å². The Bertz CT molecular complexity index is 853. The number of aromatic nitrogens is 4. The van der Waals surface area contributed by atoms with Crippen molar-refractivity contribution >= 4 is 17.5 Å². The third kappa shape index (κ3) is 4.65. The van der Waals surface area contributed by atoms with Crippen molar-refractivity contribution in [3.8, 4) is 5.69 Å². The predicted molar refractivity (Wildman–Crippen MR) is 99.0 cm³/mol. The Morgan fingerprint density at radius 2 is 2.04 bits per heavy atom. The smallest absolute Gasteiger partial charge is 0.237 e. The van der Waals surface area contributed by atoms with E-state index in [0.717, 1.165) is 16.8 Å². The van der Waals surface area contributed by atoms with Gasteiger partial charge in [0.2, 0.25) is 5.91 Å². The predicted octanol–water partition coefficient (Wildman–Crippen LogP) is 1.54.